The van der Waals surface area contributed by atoms with E-state index in [0.717, 1.165) is 11.1 Å². The first kappa shape index (κ1) is 14.5. The Kier molecular flexibility index (Phi) is 5.65. The third-order valence-electron chi connectivity index (χ3n) is 3.04. The molecule has 0 aromatic heterocycles. The van der Waals surface area contributed by atoms with Crippen LogP contribution in [0, 0.1) is 6.92 Å². The number of hydrogen-bond acceptors (Lipinski definition) is 2. The van der Waals surface area contributed by atoms with Crippen LogP contribution in [0.2, 0.25) is 0 Å². The highest BCUT2D eigenvalue weighted by molar-refractivity contribution is 5.74. The summed E-state index contributed by atoms with van der Waals surface area (Å²) in [6, 6.07) is 7.51. The van der Waals surface area contributed by atoms with Crippen molar-refractivity contribution in [3.8, 4) is 0 Å². The average Bonchev–Trinajstić information content (AvgIpc) is 2.38. The van der Waals surface area contributed by atoms with Crippen LogP contribution in [0.4, 0.5) is 4.79 Å². The summed E-state index contributed by atoms with van der Waals surface area (Å²) in [6.07, 6.45) is -0.661. The van der Waals surface area contributed by atoms with Crippen LogP contribution in [0.1, 0.15) is 31.1 Å². The summed E-state index contributed by atoms with van der Waals surface area (Å²) in [7, 11) is 0. The number of aliphatic hydroxyl groups is 1. The van der Waals surface area contributed by atoms with Gasteiger partial charge in [0, 0.05) is 19.6 Å². The van der Waals surface area contributed by atoms with Gasteiger partial charge in [-0.3, -0.25) is 0 Å². The van der Waals surface area contributed by atoms with Crippen LogP contribution in [0.5, 0.6) is 0 Å². The van der Waals surface area contributed by atoms with Crippen LogP contribution >= 0.6 is 0 Å². The molecule has 0 aliphatic heterocycles. The monoisotopic (exact) mass is 250 g/mol. The minimum Gasteiger partial charge on any atom is -0.387 e. The standard InChI is InChI=1S/C14H22N2O2/c1-4-16(5-2)14(18)15-10-13(17)12-9-7-6-8-11(12)3/h6-9,13,17H,4-5,10H2,1-3H3,(H,15,18). The molecule has 0 heterocycles. The average molecular weight is 250 g/mol. The Morgan fingerprint density at radius 2 is 1.94 bits per heavy atom. The molecule has 1 unspecified atom stereocenters. The summed E-state index contributed by atoms with van der Waals surface area (Å²) in [4.78, 5) is 13.4. The van der Waals surface area contributed by atoms with E-state index in [1.54, 1.807) is 4.90 Å². The lowest BCUT2D eigenvalue weighted by molar-refractivity contribution is 0.163. The normalized spacial score (nSPS) is 12.0. The highest BCUT2D eigenvalue weighted by atomic mass is 16.3. The second-order valence-electron chi connectivity index (χ2n) is 4.23. The molecule has 0 aliphatic rings. The smallest absolute Gasteiger partial charge is 0.317 e. The molecule has 18 heavy (non-hydrogen) atoms. The lowest BCUT2D eigenvalue weighted by atomic mass is 10.0. The van der Waals surface area contributed by atoms with Gasteiger partial charge in [-0.25, -0.2) is 4.79 Å². The Hall–Kier alpha value is -1.55. The highest BCUT2D eigenvalue weighted by Gasteiger charge is 2.13. The fourth-order valence-electron chi connectivity index (χ4n) is 1.88. The molecule has 1 aromatic carbocycles. The Labute approximate surface area is 109 Å². The maximum atomic E-state index is 11.7. The van der Waals surface area contributed by atoms with E-state index in [1.165, 1.54) is 0 Å². The van der Waals surface area contributed by atoms with Gasteiger partial charge >= 0.3 is 6.03 Å². The minimum atomic E-state index is -0.661. The van der Waals surface area contributed by atoms with E-state index in [9.17, 15) is 9.90 Å². The zero-order valence-electron chi connectivity index (χ0n) is 11.3. The first-order valence-electron chi connectivity index (χ1n) is 6.36. The number of amides is 2. The molecule has 0 aliphatic carbocycles. The van der Waals surface area contributed by atoms with Gasteiger partial charge in [0.15, 0.2) is 0 Å². The number of nitrogens with one attached hydrogen (secondary N) is 1. The summed E-state index contributed by atoms with van der Waals surface area (Å²) in [5.74, 6) is 0. The van der Waals surface area contributed by atoms with Gasteiger partial charge in [-0.2, -0.15) is 0 Å². The summed E-state index contributed by atoms with van der Waals surface area (Å²) >= 11 is 0. The van der Waals surface area contributed by atoms with E-state index >= 15 is 0 Å². The first-order chi connectivity index (χ1) is 8.60. The van der Waals surface area contributed by atoms with Crippen LogP contribution in [0.25, 0.3) is 0 Å². The predicted molar refractivity (Wildman–Crippen MR) is 72.5 cm³/mol. The molecule has 1 rings (SSSR count). The fourth-order valence-corrected chi connectivity index (χ4v) is 1.88. The molecular weight excluding hydrogens is 228 g/mol. The van der Waals surface area contributed by atoms with Crippen molar-refractivity contribution in [1.29, 1.82) is 0 Å². The molecule has 1 atom stereocenters. The largest absolute Gasteiger partial charge is 0.387 e. The van der Waals surface area contributed by atoms with Crippen molar-refractivity contribution < 1.29 is 9.90 Å². The molecule has 0 saturated carbocycles. The number of aliphatic hydroxyl groups excluding tert-OH is 1. The van der Waals surface area contributed by atoms with Gasteiger partial charge in [-0.05, 0) is 31.9 Å². The molecule has 4 heteroatoms. The lowest BCUT2D eigenvalue weighted by Crippen LogP contribution is -2.41. The number of rotatable bonds is 5. The van der Waals surface area contributed by atoms with E-state index in [2.05, 4.69) is 5.32 Å². The number of hydrogen-bond donors (Lipinski definition) is 2. The fraction of sp³-hybridized carbons (Fsp3) is 0.500. The maximum Gasteiger partial charge on any atom is 0.317 e. The molecule has 100 valence electrons. The van der Waals surface area contributed by atoms with Gasteiger partial charge in [-0.15, -0.1) is 0 Å². The third-order valence-corrected chi connectivity index (χ3v) is 3.04. The Bertz CT molecular complexity index is 389. The topological polar surface area (TPSA) is 52.6 Å². The van der Waals surface area contributed by atoms with Gasteiger partial charge in [0.05, 0.1) is 6.10 Å². The minimum absolute atomic E-state index is 0.132. The van der Waals surface area contributed by atoms with E-state index in [4.69, 9.17) is 0 Å². The molecule has 1 aromatic rings. The van der Waals surface area contributed by atoms with Gasteiger partial charge in [-0.1, -0.05) is 24.3 Å². The number of urea groups is 1. The van der Waals surface area contributed by atoms with Crippen LogP contribution in [0.3, 0.4) is 0 Å². The van der Waals surface area contributed by atoms with Crippen molar-refractivity contribution in [1.82, 2.24) is 10.2 Å². The van der Waals surface area contributed by atoms with E-state index in [-0.39, 0.29) is 12.6 Å². The number of carbonyl (C=O) groups is 1. The summed E-state index contributed by atoms with van der Waals surface area (Å²) < 4.78 is 0. The van der Waals surface area contributed by atoms with Gasteiger partial charge < -0.3 is 15.3 Å². The van der Waals surface area contributed by atoms with Crippen molar-refractivity contribution >= 4 is 6.03 Å². The Balaban J connectivity index is 2.54. The summed E-state index contributed by atoms with van der Waals surface area (Å²) in [6.45, 7) is 7.39. The van der Waals surface area contributed by atoms with E-state index < -0.39 is 6.10 Å². The van der Waals surface area contributed by atoms with Gasteiger partial charge in [0.1, 0.15) is 0 Å². The molecular formula is C14H22N2O2. The van der Waals surface area contributed by atoms with Gasteiger partial charge in [0.2, 0.25) is 0 Å². The SMILES string of the molecule is CCN(CC)C(=O)NCC(O)c1ccccc1C. The number of carbonyl (C=O) groups excluding carboxylic acids is 1. The highest BCUT2D eigenvalue weighted by Crippen LogP contribution is 2.16. The molecule has 2 N–H and O–H groups in total. The second-order valence-corrected chi connectivity index (χ2v) is 4.23. The molecule has 0 fully saturated rings. The molecule has 0 radical (unpaired) electrons. The van der Waals surface area contributed by atoms with Crippen LogP contribution in [-0.4, -0.2) is 35.7 Å². The lowest BCUT2D eigenvalue weighted by Gasteiger charge is -2.21. The maximum absolute atomic E-state index is 11.7. The van der Waals surface area contributed by atoms with Crippen molar-refractivity contribution in [2.75, 3.05) is 19.6 Å². The number of aryl methyl sites for hydroxylation is 1. The van der Waals surface area contributed by atoms with Crippen molar-refractivity contribution in [3.05, 3.63) is 35.4 Å². The number of benzene rings is 1. The zero-order valence-corrected chi connectivity index (χ0v) is 11.3. The Morgan fingerprint density at radius 3 is 2.50 bits per heavy atom. The summed E-state index contributed by atoms with van der Waals surface area (Å²) in [5, 5.41) is 12.8. The quantitative estimate of drug-likeness (QED) is 0.840. The predicted octanol–water partition coefficient (Wildman–Crippen LogP) is 2.08. The van der Waals surface area contributed by atoms with Gasteiger partial charge in [0.25, 0.3) is 0 Å². The first-order valence-corrected chi connectivity index (χ1v) is 6.36. The molecule has 2 amide bonds. The molecule has 0 saturated heterocycles. The Morgan fingerprint density at radius 1 is 1.33 bits per heavy atom. The van der Waals surface area contributed by atoms with Crippen LogP contribution in [-0.2, 0) is 0 Å². The molecule has 0 bridgehead atoms. The van der Waals surface area contributed by atoms with E-state index in [1.807, 2.05) is 45.0 Å². The van der Waals surface area contributed by atoms with Crippen LogP contribution in [0.15, 0.2) is 24.3 Å². The van der Waals surface area contributed by atoms with Crippen molar-refractivity contribution in [2.45, 2.75) is 26.9 Å². The zero-order chi connectivity index (χ0) is 13.5. The van der Waals surface area contributed by atoms with Crippen molar-refractivity contribution in [2.24, 2.45) is 0 Å². The summed E-state index contributed by atoms with van der Waals surface area (Å²) in [5.41, 5.74) is 1.89. The van der Waals surface area contributed by atoms with Crippen molar-refractivity contribution in [3.63, 3.8) is 0 Å². The van der Waals surface area contributed by atoms with Crippen LogP contribution < -0.4 is 5.32 Å². The molecule has 4 nitrogen and oxygen atoms in total. The van der Waals surface area contributed by atoms with E-state index in [0.29, 0.717) is 13.1 Å². The number of nitrogens with zero attached hydrogens (tertiary/aromatic N) is 1. The second kappa shape index (κ2) is 7.01. The molecule has 0 spiro atoms. The third kappa shape index (κ3) is 3.74.